The Labute approximate surface area is 236 Å². The summed E-state index contributed by atoms with van der Waals surface area (Å²) < 4.78 is 13.6. The van der Waals surface area contributed by atoms with E-state index in [9.17, 15) is 19.2 Å². The molecule has 1 fully saturated rings. The average Bonchev–Trinajstić information content (AvgIpc) is 3.18. The normalized spacial score (nSPS) is 17.1. The zero-order valence-electron chi connectivity index (χ0n) is 23.0. The van der Waals surface area contributed by atoms with Gasteiger partial charge in [0.1, 0.15) is 23.9 Å². The number of para-hydroxylation sites is 1. The van der Waals surface area contributed by atoms with Crippen molar-refractivity contribution in [3.63, 3.8) is 0 Å². The van der Waals surface area contributed by atoms with Crippen molar-refractivity contribution in [2.24, 2.45) is 5.92 Å². The van der Waals surface area contributed by atoms with Crippen LogP contribution in [0.4, 0.5) is 4.79 Å². The molecule has 2 aliphatic rings. The van der Waals surface area contributed by atoms with Gasteiger partial charge >= 0.3 is 6.09 Å². The highest BCUT2D eigenvalue weighted by Crippen LogP contribution is 2.30. The highest BCUT2D eigenvalue weighted by Gasteiger charge is 2.28. The lowest BCUT2D eigenvalue weighted by molar-refractivity contribution is -0.132. The van der Waals surface area contributed by atoms with Crippen molar-refractivity contribution in [1.29, 1.82) is 0 Å². The summed E-state index contributed by atoms with van der Waals surface area (Å²) in [7, 11) is 0. The van der Waals surface area contributed by atoms with E-state index in [0.29, 0.717) is 44.9 Å². The molecule has 216 valence electrons. The molecule has 3 amide bonds. The minimum absolute atomic E-state index is 0.0861. The molecule has 0 radical (unpaired) electrons. The summed E-state index contributed by atoms with van der Waals surface area (Å²) in [4.78, 5) is 51.9. The zero-order valence-corrected chi connectivity index (χ0v) is 23.8. The van der Waals surface area contributed by atoms with Gasteiger partial charge in [0.15, 0.2) is 0 Å². The van der Waals surface area contributed by atoms with Crippen molar-refractivity contribution in [2.45, 2.75) is 95.4 Å². The predicted octanol–water partition coefficient (Wildman–Crippen LogP) is 4.78. The summed E-state index contributed by atoms with van der Waals surface area (Å²) in [6.45, 7) is 3.75. The predicted molar refractivity (Wildman–Crippen MR) is 151 cm³/mol. The lowest BCUT2D eigenvalue weighted by atomic mass is 9.86. The maximum atomic E-state index is 13.2. The number of rotatable bonds is 14. The summed E-state index contributed by atoms with van der Waals surface area (Å²) in [6, 6.07) is 6.86. The molecule has 1 aromatic rings. The third-order valence-corrected chi connectivity index (χ3v) is 8.27. The SMILES string of the molecule is CCCCCOC(=O)NS[C@@H](CC1CCCCC1)C(=O)N[C@H](C=O)CCC(=O)N1CCOc2ccccc2C1. The number of carbonyl (C=O) groups excluding carboxylic acids is 4. The van der Waals surface area contributed by atoms with Crippen LogP contribution >= 0.6 is 11.9 Å². The second kappa shape index (κ2) is 17.0. The Hall–Kier alpha value is -2.75. The molecule has 0 aromatic heterocycles. The number of fused-ring (bicyclic) bond motifs is 1. The van der Waals surface area contributed by atoms with E-state index in [4.69, 9.17) is 9.47 Å². The monoisotopic (exact) mass is 561 g/mol. The van der Waals surface area contributed by atoms with Crippen LogP contribution < -0.4 is 14.8 Å². The molecule has 0 saturated heterocycles. The van der Waals surface area contributed by atoms with Gasteiger partial charge < -0.3 is 24.5 Å². The van der Waals surface area contributed by atoms with Crippen LogP contribution in [0.5, 0.6) is 5.75 Å². The molecule has 3 rings (SSSR count). The molecule has 0 spiro atoms. The van der Waals surface area contributed by atoms with E-state index in [2.05, 4.69) is 17.0 Å². The summed E-state index contributed by atoms with van der Waals surface area (Å²) in [6.07, 6.45) is 9.51. The first-order valence-electron chi connectivity index (χ1n) is 14.3. The van der Waals surface area contributed by atoms with Crippen molar-refractivity contribution < 1.29 is 28.7 Å². The summed E-state index contributed by atoms with van der Waals surface area (Å²) in [5, 5.41) is 2.26. The Morgan fingerprint density at radius 3 is 2.74 bits per heavy atom. The van der Waals surface area contributed by atoms with Crippen LogP contribution in [0.3, 0.4) is 0 Å². The van der Waals surface area contributed by atoms with Crippen LogP contribution in [0.1, 0.15) is 83.1 Å². The molecule has 1 aliphatic heterocycles. The zero-order chi connectivity index (χ0) is 27.9. The third kappa shape index (κ3) is 10.7. The van der Waals surface area contributed by atoms with E-state index >= 15 is 0 Å². The van der Waals surface area contributed by atoms with Gasteiger partial charge in [0, 0.05) is 18.5 Å². The fraction of sp³-hybridized carbons (Fsp3) is 0.655. The van der Waals surface area contributed by atoms with Crippen LogP contribution in [-0.2, 0) is 25.7 Å². The Bertz CT molecular complexity index is 939. The highest BCUT2D eigenvalue weighted by molar-refractivity contribution is 7.99. The van der Waals surface area contributed by atoms with Crippen LogP contribution in [0, 0.1) is 5.92 Å². The van der Waals surface area contributed by atoms with Gasteiger partial charge in [0.2, 0.25) is 11.8 Å². The van der Waals surface area contributed by atoms with E-state index in [-0.39, 0.29) is 24.7 Å². The number of aldehydes is 1. The maximum absolute atomic E-state index is 13.2. The summed E-state index contributed by atoms with van der Waals surface area (Å²) in [5.74, 6) is 0.787. The lowest BCUT2D eigenvalue weighted by Crippen LogP contribution is -2.43. The largest absolute Gasteiger partial charge is 0.491 e. The fourth-order valence-corrected chi connectivity index (χ4v) is 5.87. The first kappa shape index (κ1) is 30.8. The van der Waals surface area contributed by atoms with E-state index in [1.54, 1.807) is 4.90 Å². The van der Waals surface area contributed by atoms with E-state index in [1.165, 1.54) is 6.42 Å². The molecular weight excluding hydrogens is 518 g/mol. The number of hydrogen-bond acceptors (Lipinski definition) is 7. The summed E-state index contributed by atoms with van der Waals surface area (Å²) >= 11 is 1.05. The molecular formula is C29H43N3O6S. The van der Waals surface area contributed by atoms with Crippen molar-refractivity contribution in [3.8, 4) is 5.75 Å². The Balaban J connectivity index is 1.51. The summed E-state index contributed by atoms with van der Waals surface area (Å²) in [5.41, 5.74) is 0.947. The van der Waals surface area contributed by atoms with Crippen molar-refractivity contribution in [3.05, 3.63) is 29.8 Å². The van der Waals surface area contributed by atoms with E-state index in [1.807, 2.05) is 24.3 Å². The van der Waals surface area contributed by atoms with E-state index in [0.717, 1.165) is 68.2 Å². The highest BCUT2D eigenvalue weighted by atomic mass is 32.2. The molecule has 2 atom stereocenters. The number of nitrogens with zero attached hydrogens (tertiary/aromatic N) is 1. The number of hydrogen-bond donors (Lipinski definition) is 2. The number of carbonyl (C=O) groups is 4. The fourth-order valence-electron chi connectivity index (χ4n) is 5.03. The van der Waals surface area contributed by atoms with Gasteiger partial charge in [-0.3, -0.25) is 14.3 Å². The average molecular weight is 562 g/mol. The minimum Gasteiger partial charge on any atom is -0.491 e. The number of unbranched alkanes of at least 4 members (excludes halogenated alkanes) is 2. The van der Waals surface area contributed by atoms with Gasteiger partial charge in [0.25, 0.3) is 0 Å². The van der Waals surface area contributed by atoms with Gasteiger partial charge in [-0.25, -0.2) is 4.79 Å². The molecule has 10 heteroatoms. The quantitative estimate of drug-likeness (QED) is 0.191. The molecule has 0 unspecified atom stereocenters. The second-order valence-corrected chi connectivity index (χ2v) is 11.4. The molecule has 1 aliphatic carbocycles. The molecule has 9 nitrogen and oxygen atoms in total. The van der Waals surface area contributed by atoms with Crippen LogP contribution in [0.25, 0.3) is 0 Å². The van der Waals surface area contributed by atoms with Gasteiger partial charge in [-0.15, -0.1) is 0 Å². The number of benzene rings is 1. The minimum atomic E-state index is -0.785. The van der Waals surface area contributed by atoms with Crippen LogP contribution in [0.15, 0.2) is 24.3 Å². The Morgan fingerprint density at radius 1 is 1.18 bits per heavy atom. The van der Waals surface area contributed by atoms with Crippen LogP contribution in [-0.4, -0.2) is 60.1 Å². The van der Waals surface area contributed by atoms with Gasteiger partial charge in [-0.2, -0.15) is 0 Å². The number of amides is 3. The van der Waals surface area contributed by atoms with Gasteiger partial charge in [-0.05, 0) is 43.2 Å². The molecule has 1 saturated carbocycles. The molecule has 0 bridgehead atoms. The third-order valence-electron chi connectivity index (χ3n) is 7.30. The van der Waals surface area contributed by atoms with Crippen molar-refractivity contribution >= 4 is 36.1 Å². The molecule has 2 N–H and O–H groups in total. The topological polar surface area (TPSA) is 114 Å². The molecule has 39 heavy (non-hydrogen) atoms. The number of nitrogens with one attached hydrogen (secondary N) is 2. The lowest BCUT2D eigenvalue weighted by Gasteiger charge is -2.26. The second-order valence-electron chi connectivity index (χ2n) is 10.4. The van der Waals surface area contributed by atoms with Gasteiger partial charge in [-0.1, -0.05) is 70.1 Å². The van der Waals surface area contributed by atoms with Gasteiger partial charge in [0.05, 0.1) is 19.2 Å². The Kier molecular flexibility index (Phi) is 13.5. The first-order valence-corrected chi connectivity index (χ1v) is 15.2. The molecule has 1 aromatic carbocycles. The standard InChI is InChI=1S/C29H43N3O6S/c1-2-3-9-17-38-29(36)31-39-26(19-22-10-5-4-6-11-22)28(35)30-24(21-33)14-15-27(34)32-16-18-37-25-13-8-7-12-23(25)20-32/h7-8,12-13,21-22,24,26H,2-6,9-11,14-20H2,1H3,(H,30,35)(H,31,36)/t24-,26-/m0/s1. The van der Waals surface area contributed by atoms with Crippen molar-refractivity contribution in [1.82, 2.24) is 14.9 Å². The Morgan fingerprint density at radius 2 is 1.97 bits per heavy atom. The van der Waals surface area contributed by atoms with E-state index < -0.39 is 17.4 Å². The number of ether oxygens (including phenoxy) is 2. The first-order chi connectivity index (χ1) is 19.0. The smallest absolute Gasteiger partial charge is 0.417 e. The molecule has 1 heterocycles. The maximum Gasteiger partial charge on any atom is 0.417 e. The van der Waals surface area contributed by atoms with Crippen molar-refractivity contribution in [2.75, 3.05) is 19.8 Å². The van der Waals surface area contributed by atoms with Crippen LogP contribution in [0.2, 0.25) is 0 Å².